The SMILES string of the molecule is COc1ccc2c(COC(=O)C(NC(=O)c3ccco3)c3ccccc3)cc(=O)oc2c1. The minimum absolute atomic E-state index is 0.0688. The van der Waals surface area contributed by atoms with E-state index in [-0.39, 0.29) is 12.4 Å². The van der Waals surface area contributed by atoms with Crippen LogP contribution in [0.25, 0.3) is 11.0 Å². The van der Waals surface area contributed by atoms with E-state index in [0.29, 0.717) is 27.8 Å². The molecule has 1 unspecified atom stereocenters. The summed E-state index contributed by atoms with van der Waals surface area (Å²) in [5.41, 5.74) is 0.743. The molecule has 32 heavy (non-hydrogen) atoms. The number of ether oxygens (including phenoxy) is 2. The summed E-state index contributed by atoms with van der Waals surface area (Å²) in [6.45, 7) is -0.187. The Labute approximate surface area is 182 Å². The van der Waals surface area contributed by atoms with Gasteiger partial charge in [0.15, 0.2) is 11.8 Å². The zero-order valence-corrected chi connectivity index (χ0v) is 17.1. The Morgan fingerprint density at radius 2 is 1.84 bits per heavy atom. The molecule has 0 saturated carbocycles. The summed E-state index contributed by atoms with van der Waals surface area (Å²) in [4.78, 5) is 37.4. The molecule has 1 atom stereocenters. The van der Waals surface area contributed by atoms with Crippen molar-refractivity contribution in [3.63, 3.8) is 0 Å². The molecule has 2 heterocycles. The van der Waals surface area contributed by atoms with Crippen molar-refractivity contribution >= 4 is 22.8 Å². The number of hydrogen-bond donors (Lipinski definition) is 1. The number of amides is 1. The minimum atomic E-state index is -1.07. The van der Waals surface area contributed by atoms with Crippen molar-refractivity contribution in [1.29, 1.82) is 0 Å². The van der Waals surface area contributed by atoms with Crippen LogP contribution in [0.1, 0.15) is 27.7 Å². The number of carbonyl (C=O) groups is 2. The van der Waals surface area contributed by atoms with Crippen LogP contribution in [0.15, 0.2) is 86.6 Å². The Morgan fingerprint density at radius 3 is 2.56 bits per heavy atom. The molecule has 0 fully saturated rings. The highest BCUT2D eigenvalue weighted by Crippen LogP contribution is 2.24. The second kappa shape index (κ2) is 9.22. The standard InChI is InChI=1S/C24H19NO7/c1-29-17-9-10-18-16(12-21(26)32-20(18)13-17)14-31-24(28)22(15-6-3-2-4-7-15)25-23(27)19-8-5-11-30-19/h2-13,22H,14H2,1H3,(H,25,27). The molecule has 0 aliphatic rings. The van der Waals surface area contributed by atoms with Crippen molar-refractivity contribution in [3.05, 3.63) is 100 Å². The molecule has 162 valence electrons. The quantitative estimate of drug-likeness (QED) is 0.350. The van der Waals surface area contributed by atoms with E-state index in [1.54, 1.807) is 54.6 Å². The molecule has 0 radical (unpaired) electrons. The first-order valence-electron chi connectivity index (χ1n) is 9.72. The van der Waals surface area contributed by atoms with E-state index in [9.17, 15) is 14.4 Å². The summed E-state index contributed by atoms with van der Waals surface area (Å²) < 4.78 is 21.0. The normalized spacial score (nSPS) is 11.7. The van der Waals surface area contributed by atoms with E-state index in [1.165, 1.54) is 25.5 Å². The summed E-state index contributed by atoms with van der Waals surface area (Å²) in [5, 5.41) is 3.24. The van der Waals surface area contributed by atoms with Crippen LogP contribution >= 0.6 is 0 Å². The van der Waals surface area contributed by atoms with Gasteiger partial charge in [-0.2, -0.15) is 0 Å². The van der Waals surface area contributed by atoms with Crippen LogP contribution in [0.3, 0.4) is 0 Å². The third-order valence-electron chi connectivity index (χ3n) is 4.80. The fourth-order valence-electron chi connectivity index (χ4n) is 3.22. The molecular formula is C24H19NO7. The number of methoxy groups -OCH3 is 1. The molecule has 4 aromatic rings. The molecule has 0 bridgehead atoms. The van der Waals surface area contributed by atoms with Crippen molar-refractivity contribution in [2.75, 3.05) is 7.11 Å². The van der Waals surface area contributed by atoms with E-state index in [2.05, 4.69) is 5.32 Å². The van der Waals surface area contributed by atoms with Gasteiger partial charge >= 0.3 is 11.6 Å². The molecule has 0 aliphatic carbocycles. The van der Waals surface area contributed by atoms with Gasteiger partial charge in [0.2, 0.25) is 0 Å². The van der Waals surface area contributed by atoms with Crippen molar-refractivity contribution in [2.45, 2.75) is 12.6 Å². The molecule has 1 N–H and O–H groups in total. The van der Waals surface area contributed by atoms with E-state index in [0.717, 1.165) is 0 Å². The van der Waals surface area contributed by atoms with Gasteiger partial charge in [-0.25, -0.2) is 9.59 Å². The topological polar surface area (TPSA) is 108 Å². The predicted octanol–water partition coefficient (Wildman–Crippen LogP) is 3.61. The highest BCUT2D eigenvalue weighted by atomic mass is 16.5. The van der Waals surface area contributed by atoms with E-state index in [4.69, 9.17) is 18.3 Å². The van der Waals surface area contributed by atoms with E-state index in [1.807, 2.05) is 0 Å². The zero-order valence-electron chi connectivity index (χ0n) is 17.1. The van der Waals surface area contributed by atoms with Gasteiger partial charge in [0.1, 0.15) is 17.9 Å². The number of fused-ring (bicyclic) bond motifs is 1. The summed E-state index contributed by atoms with van der Waals surface area (Å²) in [5.74, 6) is -0.649. The molecule has 0 aliphatic heterocycles. The summed E-state index contributed by atoms with van der Waals surface area (Å²) in [7, 11) is 1.51. The first-order chi connectivity index (χ1) is 15.5. The van der Waals surface area contributed by atoms with Crippen LogP contribution in [0.4, 0.5) is 0 Å². The fraction of sp³-hybridized carbons (Fsp3) is 0.125. The third-order valence-corrected chi connectivity index (χ3v) is 4.80. The Hall–Kier alpha value is -4.33. The first kappa shape index (κ1) is 20.9. The average Bonchev–Trinajstić information content (AvgIpc) is 3.36. The predicted molar refractivity (Wildman–Crippen MR) is 114 cm³/mol. The second-order valence-electron chi connectivity index (χ2n) is 6.85. The summed E-state index contributed by atoms with van der Waals surface area (Å²) in [6, 6.07) is 17.0. The lowest BCUT2D eigenvalue weighted by atomic mass is 10.1. The molecule has 8 heteroatoms. The molecule has 0 saturated heterocycles. The number of furan rings is 1. The van der Waals surface area contributed by atoms with Crippen molar-refractivity contribution in [3.8, 4) is 5.75 Å². The van der Waals surface area contributed by atoms with Gasteiger partial charge in [-0.15, -0.1) is 0 Å². The van der Waals surface area contributed by atoms with E-state index >= 15 is 0 Å². The lowest BCUT2D eigenvalue weighted by molar-refractivity contribution is -0.147. The number of rotatable bonds is 7. The molecule has 4 rings (SSSR count). The number of carbonyl (C=O) groups excluding carboxylic acids is 2. The van der Waals surface area contributed by atoms with Gasteiger partial charge in [-0.05, 0) is 29.8 Å². The van der Waals surface area contributed by atoms with Crippen molar-refractivity contribution < 1.29 is 27.9 Å². The molecular weight excluding hydrogens is 414 g/mol. The van der Waals surface area contributed by atoms with Gasteiger partial charge < -0.3 is 23.6 Å². The maximum Gasteiger partial charge on any atom is 0.336 e. The number of esters is 1. The number of nitrogens with one attached hydrogen (secondary N) is 1. The molecule has 2 aromatic carbocycles. The highest BCUT2D eigenvalue weighted by Gasteiger charge is 2.26. The lowest BCUT2D eigenvalue weighted by Crippen LogP contribution is -2.34. The number of hydrogen-bond acceptors (Lipinski definition) is 7. The van der Waals surface area contributed by atoms with Gasteiger partial charge in [0.25, 0.3) is 5.91 Å². The Kier molecular flexibility index (Phi) is 6.03. The van der Waals surface area contributed by atoms with Crippen LogP contribution in [-0.2, 0) is 16.1 Å². The first-order valence-corrected chi connectivity index (χ1v) is 9.72. The second-order valence-corrected chi connectivity index (χ2v) is 6.85. The molecule has 0 spiro atoms. The third kappa shape index (κ3) is 4.54. The van der Waals surface area contributed by atoms with Crippen LogP contribution < -0.4 is 15.7 Å². The smallest absolute Gasteiger partial charge is 0.336 e. The van der Waals surface area contributed by atoms with E-state index < -0.39 is 23.5 Å². The van der Waals surface area contributed by atoms with Crippen LogP contribution in [0.2, 0.25) is 0 Å². The van der Waals surface area contributed by atoms with Crippen molar-refractivity contribution in [1.82, 2.24) is 5.32 Å². The Balaban J connectivity index is 1.57. The fourth-order valence-corrected chi connectivity index (χ4v) is 3.22. The van der Waals surface area contributed by atoms with Crippen LogP contribution in [0, 0.1) is 0 Å². The van der Waals surface area contributed by atoms with Gasteiger partial charge in [0, 0.05) is 23.1 Å². The van der Waals surface area contributed by atoms with Crippen LogP contribution in [0.5, 0.6) is 5.75 Å². The van der Waals surface area contributed by atoms with Gasteiger partial charge in [0.05, 0.1) is 13.4 Å². The van der Waals surface area contributed by atoms with Gasteiger partial charge in [-0.1, -0.05) is 30.3 Å². The zero-order chi connectivity index (χ0) is 22.5. The molecule has 8 nitrogen and oxygen atoms in total. The maximum atomic E-state index is 13.0. The highest BCUT2D eigenvalue weighted by molar-refractivity contribution is 5.94. The monoisotopic (exact) mass is 433 g/mol. The van der Waals surface area contributed by atoms with Gasteiger partial charge in [-0.3, -0.25) is 4.79 Å². The average molecular weight is 433 g/mol. The minimum Gasteiger partial charge on any atom is -0.497 e. The summed E-state index contributed by atoms with van der Waals surface area (Å²) in [6.07, 6.45) is 1.37. The number of benzene rings is 2. The Morgan fingerprint density at radius 1 is 1.03 bits per heavy atom. The lowest BCUT2D eigenvalue weighted by Gasteiger charge is -2.18. The van der Waals surface area contributed by atoms with Crippen molar-refractivity contribution in [2.24, 2.45) is 0 Å². The van der Waals surface area contributed by atoms with Crippen LogP contribution in [-0.4, -0.2) is 19.0 Å². The summed E-state index contributed by atoms with van der Waals surface area (Å²) >= 11 is 0. The largest absolute Gasteiger partial charge is 0.497 e. The molecule has 2 aromatic heterocycles. The Bertz CT molecular complexity index is 1290. The maximum absolute atomic E-state index is 13.0. The molecule has 1 amide bonds.